The number of nitrogens with zero attached hydrogens (tertiary/aromatic N) is 3. The number of rotatable bonds is 2. The fourth-order valence-corrected chi connectivity index (χ4v) is 9.33. The molecule has 9 heteroatoms. The maximum absolute atomic E-state index is 13.3. The number of amides is 1. The van der Waals surface area contributed by atoms with Crippen LogP contribution in [-0.4, -0.2) is 68.6 Å². The van der Waals surface area contributed by atoms with E-state index in [0.717, 1.165) is 68.3 Å². The largest absolute Gasteiger partial charge is 0.490 e. The van der Waals surface area contributed by atoms with Crippen LogP contribution in [0.4, 0.5) is 5.69 Å². The average Bonchev–Trinajstić information content (AvgIpc) is 3.11. The summed E-state index contributed by atoms with van der Waals surface area (Å²) in [6, 6.07) is 12.3. The van der Waals surface area contributed by atoms with Gasteiger partial charge in [-0.05, 0) is 91.8 Å². The van der Waals surface area contributed by atoms with Crippen molar-refractivity contribution in [2.75, 3.05) is 50.5 Å². The van der Waals surface area contributed by atoms with E-state index in [0.29, 0.717) is 41.9 Å². The van der Waals surface area contributed by atoms with Gasteiger partial charge in [0.1, 0.15) is 5.75 Å². The van der Waals surface area contributed by atoms with Gasteiger partial charge in [0.05, 0.1) is 18.4 Å². The van der Waals surface area contributed by atoms with Gasteiger partial charge in [0.2, 0.25) is 0 Å². The highest BCUT2D eigenvalue weighted by Gasteiger charge is 2.46. The first-order chi connectivity index (χ1) is 21.3. The quantitative estimate of drug-likeness (QED) is 0.280. The van der Waals surface area contributed by atoms with E-state index in [2.05, 4.69) is 45.4 Å². The van der Waals surface area contributed by atoms with Crippen LogP contribution in [-0.2, 0) is 31.4 Å². The van der Waals surface area contributed by atoms with Crippen LogP contribution in [0.2, 0.25) is 5.02 Å². The molecule has 3 heterocycles. The minimum absolute atomic E-state index is 0.165. The lowest BCUT2D eigenvalue weighted by molar-refractivity contribution is -0.0675. The Bertz CT molecular complexity index is 1530. The molecule has 0 radical (unpaired) electrons. The molecule has 1 amide bonds. The van der Waals surface area contributed by atoms with E-state index in [-0.39, 0.29) is 11.3 Å². The molecule has 1 saturated carbocycles. The summed E-state index contributed by atoms with van der Waals surface area (Å²) in [6.07, 6.45) is 11.3. The maximum atomic E-state index is 13.3. The standard InChI is InChI=1S/C35H43ClN3O4S/c1-23-5-3-7-31(38-18-28(19-38)42-2)29-11-8-26(29)17-39-21-35(14-4-6-24-15-27(36)10-12-30(24)35)22-43-33-13-9-25(16-32(33)39)34(40)37-44(41)20-23/h3,7,9-10,12-13,15-16,23,26,28-29,31H,4-6,8,11,14,17-22H2,1-2H3/q-1/b7-3+/t23-,26-,29+,31-,35-/m0/s1. The van der Waals surface area contributed by atoms with Gasteiger partial charge in [-0.15, -0.1) is 0 Å². The Morgan fingerprint density at radius 1 is 1.14 bits per heavy atom. The minimum atomic E-state index is -1.58. The molecule has 3 aliphatic heterocycles. The molecule has 2 aromatic rings. The van der Waals surface area contributed by atoms with Crippen molar-refractivity contribution in [1.82, 2.24) is 4.90 Å². The van der Waals surface area contributed by atoms with E-state index in [4.69, 9.17) is 21.1 Å². The molecule has 1 saturated heterocycles. The van der Waals surface area contributed by atoms with Crippen molar-refractivity contribution in [2.24, 2.45) is 22.1 Å². The fraction of sp³-hybridized carbons (Fsp3) is 0.571. The predicted molar refractivity (Wildman–Crippen MR) is 175 cm³/mol. The minimum Gasteiger partial charge on any atom is -0.490 e. The van der Waals surface area contributed by atoms with Gasteiger partial charge in [-0.3, -0.25) is 9.69 Å². The monoisotopic (exact) mass is 636 g/mol. The third-order valence-corrected chi connectivity index (χ3v) is 12.2. The highest BCUT2D eigenvalue weighted by atomic mass is 35.5. The Morgan fingerprint density at radius 3 is 2.80 bits per heavy atom. The van der Waals surface area contributed by atoms with E-state index >= 15 is 0 Å². The Labute approximate surface area is 268 Å². The van der Waals surface area contributed by atoms with Gasteiger partial charge >= 0.3 is 0 Å². The summed E-state index contributed by atoms with van der Waals surface area (Å²) in [7, 11) is 0.226. The van der Waals surface area contributed by atoms with Crippen molar-refractivity contribution >= 4 is 33.8 Å². The van der Waals surface area contributed by atoms with Gasteiger partial charge in [0, 0.05) is 55.3 Å². The number of fused-ring (bicyclic) bond motifs is 4. The Kier molecular flexibility index (Phi) is 8.55. The van der Waals surface area contributed by atoms with Crippen LogP contribution in [0.3, 0.4) is 0 Å². The second kappa shape index (κ2) is 12.4. The van der Waals surface area contributed by atoms with Crippen molar-refractivity contribution < 1.29 is 18.5 Å². The Hall–Kier alpha value is -2.39. The van der Waals surface area contributed by atoms with Crippen molar-refractivity contribution in [3.63, 3.8) is 0 Å². The first kappa shape index (κ1) is 30.3. The zero-order valence-electron chi connectivity index (χ0n) is 25.8. The topological polar surface area (TPSA) is 71.4 Å². The summed E-state index contributed by atoms with van der Waals surface area (Å²) in [6.45, 7) is 6.29. The van der Waals surface area contributed by atoms with Gasteiger partial charge < -0.3 is 22.9 Å². The number of allylic oxidation sites excluding steroid dienone is 1. The Balaban J connectivity index is 1.28. The number of carbonyl (C=O) groups excluding carboxylic acids is 1. The van der Waals surface area contributed by atoms with Crippen molar-refractivity contribution in [1.29, 1.82) is 0 Å². The van der Waals surface area contributed by atoms with Crippen LogP contribution < -0.4 is 9.64 Å². The molecule has 0 unspecified atom stereocenters. The molecule has 1 spiro atoms. The molecular weight excluding hydrogens is 594 g/mol. The van der Waals surface area contributed by atoms with Crippen LogP contribution in [0.5, 0.6) is 5.75 Å². The van der Waals surface area contributed by atoms with Crippen LogP contribution >= 0.6 is 11.6 Å². The third kappa shape index (κ3) is 5.83. The molecule has 2 fully saturated rings. The Morgan fingerprint density at radius 2 is 2.00 bits per heavy atom. The molecule has 7 nitrogen and oxygen atoms in total. The number of aryl methyl sites for hydroxylation is 1. The lowest BCUT2D eigenvalue weighted by Gasteiger charge is -2.52. The second-order valence-electron chi connectivity index (χ2n) is 13.7. The number of anilines is 1. The first-order valence-electron chi connectivity index (χ1n) is 16.2. The zero-order chi connectivity index (χ0) is 30.4. The highest BCUT2D eigenvalue weighted by molar-refractivity contribution is 7.75. The van der Waals surface area contributed by atoms with Crippen LogP contribution in [0.25, 0.3) is 0 Å². The maximum Gasteiger partial charge on any atom is 0.254 e. The molecule has 0 aromatic heterocycles. The number of benzene rings is 2. The number of carbonyl (C=O) groups is 1. The molecule has 44 heavy (non-hydrogen) atoms. The third-order valence-electron chi connectivity index (χ3n) is 10.8. The molecule has 7 rings (SSSR count). The van der Waals surface area contributed by atoms with Crippen LogP contribution in [0.15, 0.2) is 52.9 Å². The molecular formula is C35H43ClN3O4S-. The number of ether oxygens (including phenoxy) is 2. The molecule has 2 bridgehead atoms. The average molecular weight is 637 g/mol. The van der Waals surface area contributed by atoms with Crippen molar-refractivity contribution in [3.8, 4) is 5.75 Å². The van der Waals surface area contributed by atoms with Gasteiger partial charge in [-0.25, -0.2) is 0 Å². The van der Waals surface area contributed by atoms with Crippen LogP contribution in [0.1, 0.15) is 60.5 Å². The van der Waals surface area contributed by atoms with E-state index < -0.39 is 16.5 Å². The first-order valence-corrected chi connectivity index (χ1v) is 17.9. The normalized spacial score (nSPS) is 32.3. The molecule has 5 aliphatic rings. The second-order valence-corrected chi connectivity index (χ2v) is 15.3. The predicted octanol–water partition coefficient (Wildman–Crippen LogP) is 6.42. The van der Waals surface area contributed by atoms with E-state index in [1.54, 1.807) is 13.2 Å². The molecule has 0 N–H and O–H groups in total. The van der Waals surface area contributed by atoms with Gasteiger partial charge in [0.15, 0.2) is 0 Å². The summed E-state index contributed by atoms with van der Waals surface area (Å²) in [5.74, 6) is 1.97. The lowest BCUT2D eigenvalue weighted by atomic mass is 9.67. The summed E-state index contributed by atoms with van der Waals surface area (Å²) in [5.41, 5.74) is 3.88. The lowest BCUT2D eigenvalue weighted by Crippen LogP contribution is -2.60. The van der Waals surface area contributed by atoms with E-state index in [1.807, 2.05) is 18.2 Å². The number of methoxy groups -OCH3 is 1. The number of hydrogen-bond donors (Lipinski definition) is 0. The van der Waals surface area contributed by atoms with Crippen LogP contribution in [0, 0.1) is 17.8 Å². The molecule has 236 valence electrons. The molecule has 2 aliphatic carbocycles. The SMILES string of the molecule is COC1CN([C@H]2/C=C/C[C@H](C)C[S-](=O)=NC(=O)c3ccc4c(c3)N(C[C@@H]3CC[C@H]32)C[C@@]2(CCCc3cc(Cl)ccc32)CO4)C1. The number of hydrogen-bond acceptors (Lipinski definition) is 7. The van der Waals surface area contributed by atoms with Gasteiger partial charge in [-0.2, -0.15) is 10.6 Å². The summed E-state index contributed by atoms with van der Waals surface area (Å²) < 4.78 is 29.3. The van der Waals surface area contributed by atoms with E-state index in [1.165, 1.54) is 24.0 Å². The van der Waals surface area contributed by atoms with E-state index in [9.17, 15) is 9.00 Å². The molecule has 5 atom stereocenters. The summed E-state index contributed by atoms with van der Waals surface area (Å²) in [5, 5.41) is 0.778. The smallest absolute Gasteiger partial charge is 0.254 e. The summed E-state index contributed by atoms with van der Waals surface area (Å²) >= 11 is 6.45. The van der Waals surface area contributed by atoms with Crippen molar-refractivity contribution in [2.45, 2.75) is 63.0 Å². The molecule has 2 aromatic carbocycles. The number of halogens is 1. The fourth-order valence-electron chi connectivity index (χ4n) is 8.14. The summed E-state index contributed by atoms with van der Waals surface area (Å²) in [4.78, 5) is 18.3. The van der Waals surface area contributed by atoms with Gasteiger partial charge in [0.25, 0.3) is 5.91 Å². The zero-order valence-corrected chi connectivity index (χ0v) is 27.3. The van der Waals surface area contributed by atoms with Crippen molar-refractivity contribution in [3.05, 3.63) is 70.3 Å². The highest BCUT2D eigenvalue weighted by Crippen LogP contribution is 2.47. The van der Waals surface area contributed by atoms with Gasteiger partial charge in [-0.1, -0.05) is 48.4 Å². The number of likely N-dealkylation sites (tertiary alicyclic amines) is 1.